The summed E-state index contributed by atoms with van der Waals surface area (Å²) in [6.45, 7) is 8.82. The van der Waals surface area contributed by atoms with Crippen molar-refractivity contribution < 1.29 is 9.53 Å². The Bertz CT molecular complexity index is 407. The molecule has 112 valence electrons. The quantitative estimate of drug-likeness (QED) is 0.751. The number of nitrogens with one attached hydrogen (secondary N) is 1. The van der Waals surface area contributed by atoms with Gasteiger partial charge in [-0.25, -0.2) is 0 Å². The van der Waals surface area contributed by atoms with Gasteiger partial charge in [-0.15, -0.1) is 0 Å². The number of ether oxygens (including phenoxy) is 1. The highest BCUT2D eigenvalue weighted by Gasteiger charge is 2.14. The summed E-state index contributed by atoms with van der Waals surface area (Å²) in [6, 6.07) is 7.78. The van der Waals surface area contributed by atoms with Crippen molar-refractivity contribution in [1.29, 1.82) is 0 Å². The van der Waals surface area contributed by atoms with Gasteiger partial charge in [-0.2, -0.15) is 0 Å². The highest BCUT2D eigenvalue weighted by atomic mass is 16.5. The highest BCUT2D eigenvalue weighted by molar-refractivity contribution is 5.94. The van der Waals surface area contributed by atoms with Gasteiger partial charge in [-0.1, -0.05) is 32.9 Å². The van der Waals surface area contributed by atoms with E-state index in [1.165, 1.54) is 5.56 Å². The Morgan fingerprint density at radius 3 is 2.40 bits per heavy atom. The van der Waals surface area contributed by atoms with Gasteiger partial charge in [-0.3, -0.25) is 4.79 Å². The van der Waals surface area contributed by atoms with Crippen LogP contribution in [0.4, 0.5) is 0 Å². The summed E-state index contributed by atoms with van der Waals surface area (Å²) in [5, 5.41) is 2.88. The number of hydrogen-bond donors (Lipinski definition) is 2. The minimum Gasteiger partial charge on any atom is -0.380 e. The van der Waals surface area contributed by atoms with E-state index >= 15 is 0 Å². The van der Waals surface area contributed by atoms with Gasteiger partial charge in [-0.05, 0) is 29.5 Å². The van der Waals surface area contributed by atoms with Crippen LogP contribution in [0.2, 0.25) is 0 Å². The fourth-order valence-electron chi connectivity index (χ4n) is 1.79. The molecule has 20 heavy (non-hydrogen) atoms. The summed E-state index contributed by atoms with van der Waals surface area (Å²) in [5.41, 5.74) is 7.34. The van der Waals surface area contributed by atoms with Crippen molar-refractivity contribution in [3.05, 3.63) is 35.4 Å². The van der Waals surface area contributed by atoms with Gasteiger partial charge in [0.05, 0.1) is 6.61 Å². The van der Waals surface area contributed by atoms with Gasteiger partial charge in [0, 0.05) is 25.3 Å². The molecule has 4 heteroatoms. The van der Waals surface area contributed by atoms with Crippen LogP contribution in [-0.2, 0) is 10.2 Å². The van der Waals surface area contributed by atoms with Crippen LogP contribution in [-0.4, -0.2) is 32.2 Å². The third-order valence-corrected chi connectivity index (χ3v) is 3.03. The van der Waals surface area contributed by atoms with Crippen LogP contribution >= 0.6 is 0 Å². The molecular formula is C16H26N2O2. The zero-order valence-corrected chi connectivity index (χ0v) is 12.7. The van der Waals surface area contributed by atoms with Gasteiger partial charge in [0.2, 0.25) is 0 Å². The summed E-state index contributed by atoms with van der Waals surface area (Å²) < 4.78 is 5.25. The Balaban J connectivity index is 2.37. The molecule has 0 aromatic heterocycles. The minimum atomic E-state index is -0.0377. The van der Waals surface area contributed by atoms with E-state index in [1.54, 1.807) is 0 Å². The lowest BCUT2D eigenvalue weighted by Gasteiger charge is -2.19. The number of benzene rings is 1. The Morgan fingerprint density at radius 2 is 1.85 bits per heavy atom. The maximum atomic E-state index is 11.9. The Hall–Kier alpha value is -1.39. The van der Waals surface area contributed by atoms with Crippen molar-refractivity contribution in [2.45, 2.75) is 32.6 Å². The second-order valence-corrected chi connectivity index (χ2v) is 5.84. The maximum Gasteiger partial charge on any atom is 0.251 e. The molecule has 1 rings (SSSR count). The number of carbonyl (C=O) groups excluding carboxylic acids is 1. The molecule has 0 atom stereocenters. The Labute approximate surface area is 121 Å². The number of carbonyl (C=O) groups is 1. The third kappa shape index (κ3) is 5.72. The predicted molar refractivity (Wildman–Crippen MR) is 82.0 cm³/mol. The topological polar surface area (TPSA) is 64.3 Å². The van der Waals surface area contributed by atoms with E-state index in [9.17, 15) is 4.79 Å². The molecule has 0 heterocycles. The lowest BCUT2D eigenvalue weighted by Crippen LogP contribution is -2.25. The van der Waals surface area contributed by atoms with Crippen molar-refractivity contribution in [3.63, 3.8) is 0 Å². The predicted octanol–water partition coefficient (Wildman–Crippen LogP) is 2.08. The van der Waals surface area contributed by atoms with Gasteiger partial charge >= 0.3 is 0 Å². The summed E-state index contributed by atoms with van der Waals surface area (Å²) in [6.07, 6.45) is 0.797. The van der Waals surface area contributed by atoms with Crippen LogP contribution in [0.25, 0.3) is 0 Å². The zero-order valence-electron chi connectivity index (χ0n) is 12.7. The van der Waals surface area contributed by atoms with Crippen molar-refractivity contribution in [2.75, 3.05) is 26.3 Å². The second-order valence-electron chi connectivity index (χ2n) is 5.84. The average Bonchev–Trinajstić information content (AvgIpc) is 2.41. The van der Waals surface area contributed by atoms with E-state index in [0.29, 0.717) is 31.9 Å². The number of hydrogen-bond acceptors (Lipinski definition) is 3. The molecule has 0 spiro atoms. The lowest BCUT2D eigenvalue weighted by molar-refractivity contribution is 0.0943. The molecule has 0 saturated heterocycles. The average molecular weight is 278 g/mol. The zero-order chi connectivity index (χ0) is 15.0. The monoisotopic (exact) mass is 278 g/mol. The SMILES string of the molecule is CC(C)(C)c1ccc(C(=O)NCCCOCCN)cc1. The van der Waals surface area contributed by atoms with Crippen LogP contribution < -0.4 is 11.1 Å². The number of nitrogens with two attached hydrogens (primary N) is 1. The van der Waals surface area contributed by atoms with Crippen LogP contribution in [0.3, 0.4) is 0 Å². The first-order chi connectivity index (χ1) is 9.45. The standard InChI is InChI=1S/C16H26N2O2/c1-16(2,3)14-7-5-13(6-8-14)15(19)18-10-4-11-20-12-9-17/h5-8H,4,9-12,17H2,1-3H3,(H,18,19). The van der Waals surface area contributed by atoms with Crippen LogP contribution in [0.15, 0.2) is 24.3 Å². The Morgan fingerprint density at radius 1 is 1.20 bits per heavy atom. The molecule has 0 fully saturated rings. The largest absolute Gasteiger partial charge is 0.380 e. The van der Waals surface area contributed by atoms with Crippen molar-refractivity contribution in [2.24, 2.45) is 5.73 Å². The first-order valence-electron chi connectivity index (χ1n) is 7.11. The second kappa shape index (κ2) is 8.02. The van der Waals surface area contributed by atoms with Crippen molar-refractivity contribution in [3.8, 4) is 0 Å². The molecule has 0 aliphatic heterocycles. The summed E-state index contributed by atoms with van der Waals surface area (Å²) in [5.74, 6) is -0.0377. The first kappa shape index (κ1) is 16.7. The van der Waals surface area contributed by atoms with Gasteiger partial charge in [0.1, 0.15) is 0 Å². The molecule has 0 bridgehead atoms. The molecule has 4 nitrogen and oxygen atoms in total. The number of amides is 1. The lowest BCUT2D eigenvalue weighted by atomic mass is 9.87. The molecule has 1 aromatic rings. The molecule has 0 radical (unpaired) electrons. The van der Waals surface area contributed by atoms with Crippen LogP contribution in [0.1, 0.15) is 43.1 Å². The molecule has 0 unspecified atom stereocenters. The smallest absolute Gasteiger partial charge is 0.251 e. The summed E-state index contributed by atoms with van der Waals surface area (Å²) >= 11 is 0. The first-order valence-corrected chi connectivity index (χ1v) is 7.11. The Kier molecular flexibility index (Phi) is 6.68. The minimum absolute atomic E-state index is 0.0377. The van der Waals surface area contributed by atoms with Crippen LogP contribution in [0.5, 0.6) is 0 Å². The fourth-order valence-corrected chi connectivity index (χ4v) is 1.79. The molecule has 1 amide bonds. The van der Waals surface area contributed by atoms with E-state index in [-0.39, 0.29) is 11.3 Å². The van der Waals surface area contributed by atoms with Gasteiger partial charge < -0.3 is 15.8 Å². The molecule has 0 aliphatic carbocycles. The van der Waals surface area contributed by atoms with Crippen molar-refractivity contribution in [1.82, 2.24) is 5.32 Å². The van der Waals surface area contributed by atoms with E-state index < -0.39 is 0 Å². The third-order valence-electron chi connectivity index (χ3n) is 3.03. The highest BCUT2D eigenvalue weighted by Crippen LogP contribution is 2.22. The molecule has 0 saturated carbocycles. The number of rotatable bonds is 7. The van der Waals surface area contributed by atoms with E-state index in [2.05, 4.69) is 26.1 Å². The maximum absolute atomic E-state index is 11.9. The van der Waals surface area contributed by atoms with E-state index in [0.717, 1.165) is 6.42 Å². The molecule has 1 aromatic carbocycles. The molecule has 0 aliphatic rings. The molecular weight excluding hydrogens is 252 g/mol. The van der Waals surface area contributed by atoms with E-state index in [4.69, 9.17) is 10.5 Å². The van der Waals surface area contributed by atoms with Crippen molar-refractivity contribution >= 4 is 5.91 Å². The fraction of sp³-hybridized carbons (Fsp3) is 0.562. The molecule has 3 N–H and O–H groups in total. The van der Waals surface area contributed by atoms with Gasteiger partial charge in [0.25, 0.3) is 5.91 Å². The van der Waals surface area contributed by atoms with Crippen LogP contribution in [0, 0.1) is 0 Å². The summed E-state index contributed by atoms with van der Waals surface area (Å²) in [4.78, 5) is 11.9. The normalized spacial score (nSPS) is 11.4. The summed E-state index contributed by atoms with van der Waals surface area (Å²) in [7, 11) is 0. The van der Waals surface area contributed by atoms with E-state index in [1.807, 2.05) is 24.3 Å². The van der Waals surface area contributed by atoms with Gasteiger partial charge in [0.15, 0.2) is 0 Å².